The van der Waals surface area contributed by atoms with Crippen molar-refractivity contribution in [3.05, 3.63) is 36.0 Å². The van der Waals surface area contributed by atoms with Gasteiger partial charge in [0.25, 0.3) is 0 Å². The molecule has 0 heterocycles. The Morgan fingerprint density at radius 2 is 1.48 bits per heavy atom. The smallest absolute Gasteiger partial charge is 0.0506 e. The minimum Gasteiger partial charge on any atom is -0.381 e. The Morgan fingerprint density at radius 3 is 2.21 bits per heavy atom. The van der Waals surface area contributed by atoms with E-state index in [1.165, 1.54) is 173 Å². The first-order valence-corrected chi connectivity index (χ1v) is 25.3. The van der Waals surface area contributed by atoms with E-state index in [1.807, 2.05) is 5.57 Å². The molecule has 0 aromatic rings. The molecule has 0 amide bonds. The van der Waals surface area contributed by atoms with Crippen molar-refractivity contribution < 1.29 is 4.74 Å². The number of unbranched alkanes of at least 4 members (excludes halogenated alkanes) is 10. The second kappa shape index (κ2) is 25.7. The van der Waals surface area contributed by atoms with Gasteiger partial charge < -0.3 is 9.64 Å². The van der Waals surface area contributed by atoms with Crippen LogP contribution in [0.2, 0.25) is 0 Å². The lowest BCUT2D eigenvalue weighted by molar-refractivity contribution is -0.0529. The van der Waals surface area contributed by atoms with Crippen LogP contribution in [-0.2, 0) is 4.74 Å². The van der Waals surface area contributed by atoms with Gasteiger partial charge in [0.2, 0.25) is 0 Å². The summed E-state index contributed by atoms with van der Waals surface area (Å²) in [6.45, 7) is 18.3. The van der Waals surface area contributed by atoms with Gasteiger partial charge in [0.15, 0.2) is 0 Å². The van der Waals surface area contributed by atoms with Gasteiger partial charge in [-0.2, -0.15) is 0 Å². The highest BCUT2D eigenvalue weighted by Gasteiger charge is 2.59. The molecule has 0 saturated heterocycles. The Bertz CT molecular complexity index is 1130. The largest absolute Gasteiger partial charge is 0.381 e. The minimum absolute atomic E-state index is 0.498. The molecule has 2 heteroatoms. The number of rotatable bonds is 29. The van der Waals surface area contributed by atoms with E-state index in [2.05, 4.69) is 90.9 Å². The molecule has 0 spiro atoms. The lowest BCUT2D eigenvalue weighted by Gasteiger charge is -2.58. The van der Waals surface area contributed by atoms with E-state index in [9.17, 15) is 0 Å². The fourth-order valence-electron chi connectivity index (χ4n) is 13.1. The van der Waals surface area contributed by atoms with Crippen molar-refractivity contribution in [2.45, 2.75) is 215 Å². The van der Waals surface area contributed by atoms with E-state index in [4.69, 9.17) is 4.74 Å². The van der Waals surface area contributed by atoms with E-state index in [-0.39, 0.29) is 0 Å². The van der Waals surface area contributed by atoms with Crippen LogP contribution < -0.4 is 0 Å². The van der Waals surface area contributed by atoms with Crippen LogP contribution in [0.25, 0.3) is 0 Å². The van der Waals surface area contributed by atoms with Crippen molar-refractivity contribution in [2.24, 2.45) is 58.2 Å². The van der Waals surface area contributed by atoms with E-state index in [0.717, 1.165) is 61.1 Å². The maximum atomic E-state index is 6.30. The van der Waals surface area contributed by atoms with Gasteiger partial charge in [0, 0.05) is 13.2 Å². The van der Waals surface area contributed by atoms with Crippen LogP contribution >= 0.6 is 0 Å². The lowest BCUT2D eigenvalue weighted by atomic mass is 9.46. The summed E-state index contributed by atoms with van der Waals surface area (Å²) >= 11 is 0. The Hall–Kier alpha value is -0.860. The Morgan fingerprint density at radius 1 is 0.750 bits per heavy atom. The Kier molecular flexibility index (Phi) is 21.9. The topological polar surface area (TPSA) is 12.5 Å². The van der Waals surface area contributed by atoms with E-state index in [0.29, 0.717) is 16.7 Å². The third-order valence-electron chi connectivity index (χ3n) is 16.3. The zero-order valence-corrected chi connectivity index (χ0v) is 39.1. The molecule has 0 bridgehead atoms. The highest BCUT2D eigenvalue weighted by Crippen LogP contribution is 2.67. The Labute approximate surface area is 351 Å². The van der Waals surface area contributed by atoms with Crippen LogP contribution in [0.1, 0.15) is 215 Å². The molecule has 9 unspecified atom stereocenters. The van der Waals surface area contributed by atoms with E-state index in [1.54, 1.807) is 0 Å². The van der Waals surface area contributed by atoms with E-state index < -0.39 is 0 Å². The SMILES string of the molecule is CCCCCC=CCC=CCCCCCCCCOCC(CCCCC1CCC2(C)C(=CCC3C2CCC2(C)C(C(C)CCCC(C)C)CCC32)C1)CN(C)C. The number of fused-ring (bicyclic) bond motifs is 5. The van der Waals surface area contributed by atoms with Crippen molar-refractivity contribution in [3.8, 4) is 0 Å². The fourth-order valence-corrected chi connectivity index (χ4v) is 13.1. The summed E-state index contributed by atoms with van der Waals surface area (Å²) in [6, 6.07) is 0. The molecule has 3 saturated carbocycles. The average molecular weight is 776 g/mol. The predicted molar refractivity (Wildman–Crippen MR) is 247 cm³/mol. The maximum absolute atomic E-state index is 6.30. The van der Waals surface area contributed by atoms with Crippen molar-refractivity contribution in [1.29, 1.82) is 0 Å². The highest BCUT2D eigenvalue weighted by atomic mass is 16.5. The van der Waals surface area contributed by atoms with Crippen molar-refractivity contribution in [2.75, 3.05) is 33.9 Å². The number of hydrogen-bond donors (Lipinski definition) is 0. The number of nitrogens with zero attached hydrogens (tertiary/aromatic N) is 1. The molecule has 9 atom stereocenters. The van der Waals surface area contributed by atoms with Crippen LogP contribution in [-0.4, -0.2) is 38.8 Å². The summed E-state index contributed by atoms with van der Waals surface area (Å²) in [6.07, 6.45) is 49.6. The van der Waals surface area contributed by atoms with Gasteiger partial charge in [-0.05, 0) is 169 Å². The molecule has 4 aliphatic rings. The second-order valence-corrected chi connectivity index (χ2v) is 21.5. The number of ether oxygens (including phenoxy) is 1. The van der Waals surface area contributed by atoms with Gasteiger partial charge in [0.1, 0.15) is 0 Å². The van der Waals surface area contributed by atoms with Crippen LogP contribution in [0.3, 0.4) is 0 Å². The second-order valence-electron chi connectivity index (χ2n) is 21.5. The molecule has 324 valence electrons. The molecular formula is C54H97NO. The van der Waals surface area contributed by atoms with Crippen LogP contribution in [0, 0.1) is 58.2 Å². The summed E-state index contributed by atoms with van der Waals surface area (Å²) < 4.78 is 6.30. The molecule has 0 N–H and O–H groups in total. The lowest BCUT2D eigenvalue weighted by Crippen LogP contribution is -2.50. The predicted octanol–water partition coefficient (Wildman–Crippen LogP) is 16.2. The summed E-state index contributed by atoms with van der Waals surface area (Å²) in [5.74, 6) is 7.25. The third kappa shape index (κ3) is 15.0. The molecule has 2 nitrogen and oxygen atoms in total. The molecule has 56 heavy (non-hydrogen) atoms. The monoisotopic (exact) mass is 776 g/mol. The van der Waals surface area contributed by atoms with Gasteiger partial charge in [-0.3, -0.25) is 0 Å². The zero-order chi connectivity index (χ0) is 40.2. The normalized spacial score (nSPS) is 30.2. The molecule has 0 aromatic heterocycles. The highest BCUT2D eigenvalue weighted by molar-refractivity contribution is 5.25. The molecule has 0 radical (unpaired) electrons. The standard InChI is InChI=1S/C54H97NO/c1-9-10-11-12-13-14-15-16-17-18-19-20-21-22-23-26-40-56-43-47(42-55(7)8)31-25-24-30-46-36-38-53(5)48(41-46)32-33-49-51-35-34-50(45(4)29-27-28-44(2)3)54(51,6)39-37-52(49)53/h13-14,16-17,32,44-47,49-52H,9-12,15,18-31,33-43H2,1-8H3. The summed E-state index contributed by atoms with van der Waals surface area (Å²) in [7, 11) is 4.48. The quantitative estimate of drug-likeness (QED) is 0.0554. The first kappa shape index (κ1) is 47.8. The van der Waals surface area contributed by atoms with E-state index >= 15 is 0 Å². The van der Waals surface area contributed by atoms with Gasteiger partial charge in [-0.25, -0.2) is 0 Å². The van der Waals surface area contributed by atoms with Crippen molar-refractivity contribution in [3.63, 3.8) is 0 Å². The molecule has 4 aliphatic carbocycles. The number of allylic oxidation sites excluding steroid dienone is 6. The first-order chi connectivity index (χ1) is 27.1. The summed E-state index contributed by atoms with van der Waals surface area (Å²) in [5, 5.41) is 0. The van der Waals surface area contributed by atoms with Crippen LogP contribution in [0.15, 0.2) is 36.0 Å². The maximum Gasteiger partial charge on any atom is 0.0506 e. The van der Waals surface area contributed by atoms with Gasteiger partial charge in [-0.1, -0.05) is 155 Å². The minimum atomic E-state index is 0.498. The molecular weight excluding hydrogens is 679 g/mol. The number of hydrogen-bond acceptors (Lipinski definition) is 2. The summed E-state index contributed by atoms with van der Waals surface area (Å²) in [4.78, 5) is 2.38. The Balaban J connectivity index is 1.07. The van der Waals surface area contributed by atoms with Crippen LogP contribution in [0.5, 0.6) is 0 Å². The first-order valence-electron chi connectivity index (χ1n) is 25.3. The van der Waals surface area contributed by atoms with Crippen LogP contribution in [0.4, 0.5) is 0 Å². The molecule has 4 rings (SSSR count). The van der Waals surface area contributed by atoms with Gasteiger partial charge in [-0.15, -0.1) is 0 Å². The molecule has 3 fully saturated rings. The third-order valence-corrected chi connectivity index (χ3v) is 16.3. The zero-order valence-electron chi connectivity index (χ0n) is 39.1. The van der Waals surface area contributed by atoms with Crippen molar-refractivity contribution in [1.82, 2.24) is 4.90 Å². The average Bonchev–Trinajstić information content (AvgIpc) is 3.53. The van der Waals surface area contributed by atoms with Gasteiger partial charge in [0.05, 0.1) is 6.61 Å². The van der Waals surface area contributed by atoms with Gasteiger partial charge >= 0.3 is 0 Å². The van der Waals surface area contributed by atoms with Crippen molar-refractivity contribution >= 4 is 0 Å². The molecule has 0 aromatic carbocycles. The molecule has 0 aliphatic heterocycles. The summed E-state index contributed by atoms with van der Waals surface area (Å²) in [5.41, 5.74) is 3.01. The fraction of sp³-hybridized carbons (Fsp3) is 0.889.